The molecule has 2 aromatic rings. The maximum absolute atomic E-state index is 9.81. The predicted octanol–water partition coefficient (Wildman–Crippen LogP) is 3.02. The molecule has 5 nitrogen and oxygen atoms in total. The van der Waals surface area contributed by atoms with Crippen LogP contribution in [0.2, 0.25) is 5.02 Å². The van der Waals surface area contributed by atoms with Crippen LogP contribution in [0.4, 0.5) is 0 Å². The van der Waals surface area contributed by atoms with E-state index in [9.17, 15) is 5.11 Å². The molecule has 0 radical (unpaired) electrons. The number of hydrogen-bond acceptors (Lipinski definition) is 4. The molecule has 0 saturated carbocycles. The van der Waals surface area contributed by atoms with E-state index in [-0.39, 0.29) is 6.61 Å². The van der Waals surface area contributed by atoms with Gasteiger partial charge < -0.3 is 14.6 Å². The molecular weight excluding hydrogens is 292 g/mol. The second-order valence-electron chi connectivity index (χ2n) is 4.84. The summed E-state index contributed by atoms with van der Waals surface area (Å²) in [4.78, 5) is 0. The molecule has 0 bridgehead atoms. The van der Waals surface area contributed by atoms with Crippen LogP contribution >= 0.6 is 11.6 Å². The minimum absolute atomic E-state index is 0.267. The van der Waals surface area contributed by atoms with E-state index < -0.39 is 6.10 Å². The number of methoxy groups -OCH3 is 1. The lowest BCUT2D eigenvalue weighted by molar-refractivity contribution is 0.189. The van der Waals surface area contributed by atoms with Crippen molar-refractivity contribution in [1.82, 2.24) is 9.78 Å². The third-order valence-electron chi connectivity index (χ3n) is 3.30. The molecule has 0 spiro atoms. The van der Waals surface area contributed by atoms with Gasteiger partial charge in [-0.2, -0.15) is 5.10 Å². The molecule has 1 N–H and O–H groups in total. The molecule has 0 amide bonds. The first-order valence-corrected chi connectivity index (χ1v) is 6.98. The highest BCUT2D eigenvalue weighted by Gasteiger charge is 2.15. The van der Waals surface area contributed by atoms with Crippen molar-refractivity contribution in [3.8, 4) is 11.5 Å². The predicted molar refractivity (Wildman–Crippen MR) is 80.9 cm³/mol. The summed E-state index contributed by atoms with van der Waals surface area (Å²) in [6, 6.07) is 5.32. The van der Waals surface area contributed by atoms with Crippen molar-refractivity contribution >= 4 is 11.6 Å². The number of aliphatic hydroxyl groups excluding tert-OH is 1. The fourth-order valence-corrected chi connectivity index (χ4v) is 2.31. The zero-order chi connectivity index (χ0) is 15.6. The van der Waals surface area contributed by atoms with Crippen molar-refractivity contribution < 1.29 is 14.6 Å². The maximum Gasteiger partial charge on any atom is 0.131 e. The lowest BCUT2D eigenvalue weighted by Gasteiger charge is -2.15. The standard InChI is InChI=1S/C15H19ClN2O3/c1-9-15(16)13(18(3)17-9)8-21-14-7-11(20-4)5-6-12(14)10(2)19/h5-7,10,19H,8H2,1-4H3. The molecule has 1 aromatic carbocycles. The number of hydrogen-bond donors (Lipinski definition) is 1. The first kappa shape index (κ1) is 15.7. The van der Waals surface area contributed by atoms with Crippen LogP contribution in [0, 0.1) is 6.92 Å². The fourth-order valence-electron chi connectivity index (χ4n) is 2.09. The number of rotatable bonds is 5. The zero-order valence-corrected chi connectivity index (χ0v) is 13.3. The summed E-state index contributed by atoms with van der Waals surface area (Å²) in [5.41, 5.74) is 2.25. The quantitative estimate of drug-likeness (QED) is 0.922. The number of ether oxygens (including phenoxy) is 2. The van der Waals surface area contributed by atoms with E-state index in [1.807, 2.05) is 14.0 Å². The summed E-state index contributed by atoms with van der Waals surface area (Å²) in [6.07, 6.45) is -0.630. The Morgan fingerprint density at radius 2 is 2.14 bits per heavy atom. The third kappa shape index (κ3) is 3.31. The van der Waals surface area contributed by atoms with Gasteiger partial charge in [-0.05, 0) is 26.0 Å². The average molecular weight is 311 g/mol. The van der Waals surface area contributed by atoms with E-state index in [0.717, 1.165) is 11.4 Å². The molecule has 2 rings (SSSR count). The van der Waals surface area contributed by atoms with Crippen molar-refractivity contribution in [2.24, 2.45) is 7.05 Å². The van der Waals surface area contributed by atoms with Crippen molar-refractivity contribution in [3.63, 3.8) is 0 Å². The van der Waals surface area contributed by atoms with Crippen LogP contribution in [0.5, 0.6) is 11.5 Å². The zero-order valence-electron chi connectivity index (χ0n) is 12.6. The highest BCUT2D eigenvalue weighted by molar-refractivity contribution is 6.31. The van der Waals surface area contributed by atoms with Crippen molar-refractivity contribution in [2.75, 3.05) is 7.11 Å². The molecule has 1 unspecified atom stereocenters. The van der Waals surface area contributed by atoms with Gasteiger partial charge in [0.25, 0.3) is 0 Å². The van der Waals surface area contributed by atoms with Gasteiger partial charge in [-0.25, -0.2) is 0 Å². The van der Waals surface area contributed by atoms with Gasteiger partial charge in [0, 0.05) is 18.7 Å². The molecule has 0 fully saturated rings. The Kier molecular flexibility index (Phi) is 4.75. The first-order chi connectivity index (χ1) is 9.93. The number of aliphatic hydroxyl groups is 1. The Morgan fingerprint density at radius 1 is 1.43 bits per heavy atom. The minimum atomic E-state index is -0.630. The Bertz CT molecular complexity index is 638. The lowest BCUT2D eigenvalue weighted by atomic mass is 10.1. The van der Waals surface area contributed by atoms with Gasteiger partial charge in [0.05, 0.1) is 29.6 Å². The summed E-state index contributed by atoms with van der Waals surface area (Å²) >= 11 is 6.20. The molecule has 1 heterocycles. The Balaban J connectivity index is 2.26. The van der Waals surface area contributed by atoms with E-state index in [2.05, 4.69) is 5.10 Å². The topological polar surface area (TPSA) is 56.5 Å². The molecule has 6 heteroatoms. The molecule has 0 aliphatic rings. The number of nitrogens with zero attached hydrogens (tertiary/aromatic N) is 2. The Morgan fingerprint density at radius 3 is 2.67 bits per heavy atom. The molecule has 0 saturated heterocycles. The Hall–Kier alpha value is -1.72. The molecule has 114 valence electrons. The number of benzene rings is 1. The summed E-state index contributed by atoms with van der Waals surface area (Å²) in [6.45, 7) is 3.80. The van der Waals surface area contributed by atoms with Crippen molar-refractivity contribution in [1.29, 1.82) is 0 Å². The SMILES string of the molecule is COc1ccc(C(C)O)c(OCc2c(Cl)c(C)nn2C)c1. The highest BCUT2D eigenvalue weighted by Crippen LogP contribution is 2.31. The van der Waals surface area contributed by atoms with Crippen LogP contribution in [0.3, 0.4) is 0 Å². The van der Waals surface area contributed by atoms with Gasteiger partial charge in [0.1, 0.15) is 18.1 Å². The molecule has 1 atom stereocenters. The second kappa shape index (κ2) is 6.37. The van der Waals surface area contributed by atoms with E-state index in [4.69, 9.17) is 21.1 Å². The van der Waals surface area contributed by atoms with Gasteiger partial charge in [0.15, 0.2) is 0 Å². The summed E-state index contributed by atoms with van der Waals surface area (Å²) < 4.78 is 12.7. The maximum atomic E-state index is 9.81. The molecular formula is C15H19ClN2O3. The largest absolute Gasteiger partial charge is 0.497 e. The van der Waals surface area contributed by atoms with Crippen LogP contribution < -0.4 is 9.47 Å². The van der Waals surface area contributed by atoms with Crippen molar-refractivity contribution in [2.45, 2.75) is 26.6 Å². The fraction of sp³-hybridized carbons (Fsp3) is 0.400. The monoisotopic (exact) mass is 310 g/mol. The smallest absolute Gasteiger partial charge is 0.131 e. The van der Waals surface area contributed by atoms with Gasteiger partial charge in [-0.15, -0.1) is 0 Å². The first-order valence-electron chi connectivity index (χ1n) is 6.60. The molecule has 0 aliphatic heterocycles. The van der Waals surface area contributed by atoms with E-state index in [1.54, 1.807) is 36.9 Å². The number of halogens is 1. The van der Waals surface area contributed by atoms with Gasteiger partial charge >= 0.3 is 0 Å². The van der Waals surface area contributed by atoms with Crippen LogP contribution in [0.15, 0.2) is 18.2 Å². The lowest BCUT2D eigenvalue weighted by Crippen LogP contribution is -2.06. The van der Waals surface area contributed by atoms with Crippen LogP contribution in [-0.2, 0) is 13.7 Å². The van der Waals surface area contributed by atoms with E-state index in [0.29, 0.717) is 22.1 Å². The van der Waals surface area contributed by atoms with Gasteiger partial charge in [-0.3, -0.25) is 4.68 Å². The summed E-state index contributed by atoms with van der Waals surface area (Å²) in [5.74, 6) is 1.24. The molecule has 0 aliphatic carbocycles. The number of aromatic nitrogens is 2. The van der Waals surface area contributed by atoms with E-state index >= 15 is 0 Å². The molecule has 21 heavy (non-hydrogen) atoms. The number of aryl methyl sites for hydroxylation is 2. The average Bonchev–Trinajstić information content (AvgIpc) is 2.69. The molecule has 1 aromatic heterocycles. The van der Waals surface area contributed by atoms with Gasteiger partial charge in [0.2, 0.25) is 0 Å². The summed E-state index contributed by atoms with van der Waals surface area (Å²) in [7, 11) is 3.40. The second-order valence-corrected chi connectivity index (χ2v) is 5.22. The van der Waals surface area contributed by atoms with Crippen LogP contribution in [0.1, 0.15) is 30.0 Å². The van der Waals surface area contributed by atoms with Gasteiger partial charge in [-0.1, -0.05) is 11.6 Å². The summed E-state index contributed by atoms with van der Waals surface area (Å²) in [5, 5.41) is 14.7. The Labute approximate surface area is 129 Å². The third-order valence-corrected chi connectivity index (χ3v) is 3.79. The normalized spacial score (nSPS) is 12.3. The minimum Gasteiger partial charge on any atom is -0.497 e. The highest BCUT2D eigenvalue weighted by atomic mass is 35.5. The van der Waals surface area contributed by atoms with Crippen LogP contribution in [0.25, 0.3) is 0 Å². The van der Waals surface area contributed by atoms with E-state index in [1.165, 1.54) is 0 Å². The van der Waals surface area contributed by atoms with Crippen molar-refractivity contribution in [3.05, 3.63) is 40.2 Å². The van der Waals surface area contributed by atoms with Crippen LogP contribution in [-0.4, -0.2) is 22.0 Å².